The van der Waals surface area contributed by atoms with E-state index in [1.54, 1.807) is 0 Å². The molecule has 0 radical (unpaired) electrons. The molecule has 1 heterocycles. The fourth-order valence-corrected chi connectivity index (χ4v) is 4.18. The summed E-state index contributed by atoms with van der Waals surface area (Å²) >= 11 is 3.74. The van der Waals surface area contributed by atoms with Crippen molar-refractivity contribution in [2.24, 2.45) is 5.92 Å². The van der Waals surface area contributed by atoms with Crippen LogP contribution < -0.4 is 5.32 Å². The Balaban J connectivity index is 1.90. The van der Waals surface area contributed by atoms with E-state index in [0.29, 0.717) is 17.8 Å². The molecule has 1 aliphatic heterocycles. The molecule has 1 nitrogen and oxygen atoms in total. The van der Waals surface area contributed by atoms with Crippen LogP contribution in [0.3, 0.4) is 0 Å². The predicted molar refractivity (Wildman–Crippen MR) is 92.7 cm³/mol. The second-order valence-corrected chi connectivity index (χ2v) is 6.84. The van der Waals surface area contributed by atoms with E-state index in [9.17, 15) is 0 Å². The van der Waals surface area contributed by atoms with Crippen LogP contribution in [0.1, 0.15) is 36.3 Å². The molecule has 0 amide bonds. The van der Waals surface area contributed by atoms with Gasteiger partial charge in [-0.3, -0.25) is 0 Å². The Labute approximate surface area is 135 Å². The highest BCUT2D eigenvalue weighted by Crippen LogP contribution is 2.41. The van der Waals surface area contributed by atoms with E-state index in [4.69, 9.17) is 0 Å². The average Bonchev–Trinajstić information content (AvgIpc) is 2.55. The minimum Gasteiger partial charge on any atom is -0.316 e. The van der Waals surface area contributed by atoms with Crippen LogP contribution in [-0.4, -0.2) is 13.1 Å². The van der Waals surface area contributed by atoms with Crippen LogP contribution in [0.5, 0.6) is 0 Å². The molecule has 1 fully saturated rings. The summed E-state index contributed by atoms with van der Waals surface area (Å²) < 4.78 is 1.24. The van der Waals surface area contributed by atoms with Gasteiger partial charge in [0, 0.05) is 16.9 Å². The van der Waals surface area contributed by atoms with Crippen molar-refractivity contribution < 1.29 is 0 Å². The number of hydrogen-bond donors (Lipinski definition) is 1. The molecule has 2 heteroatoms. The lowest BCUT2D eigenvalue weighted by atomic mass is 9.72. The van der Waals surface area contributed by atoms with Crippen LogP contribution in [0.2, 0.25) is 0 Å². The monoisotopic (exact) mass is 343 g/mol. The highest BCUT2D eigenvalue weighted by atomic mass is 79.9. The van der Waals surface area contributed by atoms with E-state index >= 15 is 0 Å². The summed E-state index contributed by atoms with van der Waals surface area (Å²) in [6.07, 6.45) is 1.24. The third-order valence-electron chi connectivity index (χ3n) is 4.81. The average molecular weight is 344 g/mol. The third kappa shape index (κ3) is 3.22. The number of nitrogens with one attached hydrogen (secondary N) is 1. The largest absolute Gasteiger partial charge is 0.316 e. The van der Waals surface area contributed by atoms with E-state index in [2.05, 4.69) is 82.8 Å². The third-order valence-corrected chi connectivity index (χ3v) is 5.53. The van der Waals surface area contributed by atoms with Gasteiger partial charge in [0.25, 0.3) is 0 Å². The molecule has 3 unspecified atom stereocenters. The molecule has 1 saturated heterocycles. The summed E-state index contributed by atoms with van der Waals surface area (Å²) in [7, 11) is 0. The van der Waals surface area contributed by atoms with E-state index in [1.165, 1.54) is 22.0 Å². The highest BCUT2D eigenvalue weighted by molar-refractivity contribution is 9.10. The Morgan fingerprint density at radius 1 is 1.05 bits per heavy atom. The summed E-state index contributed by atoms with van der Waals surface area (Å²) in [5.41, 5.74) is 2.90. The van der Waals surface area contributed by atoms with Crippen LogP contribution in [0.25, 0.3) is 0 Å². The second-order valence-electron chi connectivity index (χ2n) is 5.98. The zero-order chi connectivity index (χ0) is 14.7. The smallest absolute Gasteiger partial charge is 0.0210 e. The lowest BCUT2D eigenvalue weighted by Crippen LogP contribution is -2.37. The quantitative estimate of drug-likeness (QED) is 0.831. The van der Waals surface area contributed by atoms with E-state index in [-0.39, 0.29) is 0 Å². The molecule has 2 aromatic carbocycles. The van der Waals surface area contributed by atoms with E-state index < -0.39 is 0 Å². The van der Waals surface area contributed by atoms with Crippen LogP contribution >= 0.6 is 15.9 Å². The molecule has 1 N–H and O–H groups in total. The Morgan fingerprint density at radius 2 is 1.76 bits per heavy atom. The van der Waals surface area contributed by atoms with Gasteiger partial charge >= 0.3 is 0 Å². The Hall–Kier alpha value is -1.12. The lowest BCUT2D eigenvalue weighted by molar-refractivity contribution is 0.285. The summed E-state index contributed by atoms with van der Waals surface area (Å²) in [5.74, 6) is 1.85. The maximum absolute atomic E-state index is 3.74. The first kappa shape index (κ1) is 14.8. The molecule has 0 saturated carbocycles. The zero-order valence-electron chi connectivity index (χ0n) is 12.4. The Kier molecular flexibility index (Phi) is 4.77. The lowest BCUT2D eigenvalue weighted by Gasteiger charge is -2.37. The molecular weight excluding hydrogens is 322 g/mol. The summed E-state index contributed by atoms with van der Waals surface area (Å²) in [6, 6.07) is 19.6. The normalized spacial score (nSPS) is 23.7. The maximum Gasteiger partial charge on any atom is 0.0210 e. The summed E-state index contributed by atoms with van der Waals surface area (Å²) in [5, 5.41) is 3.58. The summed E-state index contributed by atoms with van der Waals surface area (Å²) in [4.78, 5) is 0. The fourth-order valence-electron chi connectivity index (χ4n) is 3.60. The molecular formula is C19H22BrN. The SMILES string of the molecule is CC(c1ccccc1)C1CCNCC1c1ccccc1Br. The van der Waals surface area contributed by atoms with Crippen molar-refractivity contribution in [3.8, 4) is 0 Å². The van der Waals surface area contributed by atoms with Crippen LogP contribution in [-0.2, 0) is 0 Å². The molecule has 2 aromatic rings. The minimum absolute atomic E-state index is 0.574. The molecule has 21 heavy (non-hydrogen) atoms. The van der Waals surface area contributed by atoms with Crippen molar-refractivity contribution in [1.82, 2.24) is 5.32 Å². The minimum atomic E-state index is 0.574. The molecule has 3 rings (SSSR count). The van der Waals surface area contributed by atoms with Gasteiger partial charge in [-0.2, -0.15) is 0 Å². The van der Waals surface area contributed by atoms with Gasteiger partial charge < -0.3 is 5.32 Å². The summed E-state index contributed by atoms with van der Waals surface area (Å²) in [6.45, 7) is 4.59. The van der Waals surface area contributed by atoms with Crippen molar-refractivity contribution in [3.05, 3.63) is 70.2 Å². The molecule has 0 bridgehead atoms. The van der Waals surface area contributed by atoms with Gasteiger partial charge in [-0.05, 0) is 42.0 Å². The van der Waals surface area contributed by atoms with Crippen molar-refractivity contribution in [2.45, 2.75) is 25.2 Å². The van der Waals surface area contributed by atoms with Gasteiger partial charge in [0.15, 0.2) is 0 Å². The van der Waals surface area contributed by atoms with Crippen LogP contribution in [0.4, 0.5) is 0 Å². The van der Waals surface area contributed by atoms with Gasteiger partial charge in [-0.25, -0.2) is 0 Å². The molecule has 3 atom stereocenters. The Morgan fingerprint density at radius 3 is 2.52 bits per heavy atom. The van der Waals surface area contributed by atoms with Gasteiger partial charge in [0.2, 0.25) is 0 Å². The van der Waals surface area contributed by atoms with E-state index in [1.807, 2.05) is 0 Å². The molecule has 0 spiro atoms. The van der Waals surface area contributed by atoms with Crippen molar-refractivity contribution in [3.63, 3.8) is 0 Å². The highest BCUT2D eigenvalue weighted by Gasteiger charge is 2.32. The number of halogens is 1. The van der Waals surface area contributed by atoms with Crippen molar-refractivity contribution in [1.29, 1.82) is 0 Å². The molecule has 0 aliphatic carbocycles. The topological polar surface area (TPSA) is 12.0 Å². The predicted octanol–water partition coefficient (Wildman–Crippen LogP) is 4.95. The van der Waals surface area contributed by atoms with Gasteiger partial charge in [0.05, 0.1) is 0 Å². The number of piperidine rings is 1. The van der Waals surface area contributed by atoms with Gasteiger partial charge in [-0.15, -0.1) is 0 Å². The second kappa shape index (κ2) is 6.76. The number of hydrogen-bond acceptors (Lipinski definition) is 1. The van der Waals surface area contributed by atoms with Crippen LogP contribution in [0, 0.1) is 5.92 Å². The van der Waals surface area contributed by atoms with Crippen molar-refractivity contribution >= 4 is 15.9 Å². The number of benzene rings is 2. The maximum atomic E-state index is 3.74. The fraction of sp³-hybridized carbons (Fsp3) is 0.368. The van der Waals surface area contributed by atoms with Crippen LogP contribution in [0.15, 0.2) is 59.1 Å². The number of rotatable bonds is 3. The van der Waals surface area contributed by atoms with E-state index in [0.717, 1.165) is 13.1 Å². The zero-order valence-corrected chi connectivity index (χ0v) is 14.0. The molecule has 0 aromatic heterocycles. The molecule has 110 valence electrons. The first-order chi connectivity index (χ1) is 10.3. The molecule has 1 aliphatic rings. The Bertz CT molecular complexity index is 581. The van der Waals surface area contributed by atoms with Crippen molar-refractivity contribution in [2.75, 3.05) is 13.1 Å². The first-order valence-electron chi connectivity index (χ1n) is 7.77. The first-order valence-corrected chi connectivity index (χ1v) is 8.56. The van der Waals surface area contributed by atoms with Gasteiger partial charge in [0.1, 0.15) is 0 Å². The van der Waals surface area contributed by atoms with Gasteiger partial charge in [-0.1, -0.05) is 71.4 Å². The standard InChI is InChI=1S/C19H22BrN/c1-14(15-7-3-2-4-8-15)16-11-12-21-13-18(16)17-9-5-6-10-19(17)20/h2-10,14,16,18,21H,11-13H2,1H3.